The molecule has 82 valence electrons. The number of likely N-dealkylation sites (tertiary alicyclic amines) is 1. The van der Waals surface area contributed by atoms with E-state index in [0.29, 0.717) is 11.9 Å². The molecule has 0 aromatic carbocycles. The van der Waals surface area contributed by atoms with Crippen LogP contribution in [0.2, 0.25) is 0 Å². The van der Waals surface area contributed by atoms with Crippen molar-refractivity contribution < 1.29 is 0 Å². The number of hydrogen-bond acceptors (Lipinski definition) is 3. The Kier molecular flexibility index (Phi) is 4.69. The Bertz CT molecular complexity index is 192. The van der Waals surface area contributed by atoms with Crippen LogP contribution in [-0.4, -0.2) is 44.6 Å². The highest BCUT2D eigenvalue weighted by atomic mass is 15.3. The minimum absolute atomic E-state index is 0.665. The van der Waals surface area contributed by atoms with E-state index in [1.807, 2.05) is 0 Å². The Morgan fingerprint density at radius 1 is 1.64 bits per heavy atom. The van der Waals surface area contributed by atoms with Crippen LogP contribution < -0.4 is 16.6 Å². The number of rotatable bonds is 2. The molecule has 1 atom stereocenters. The molecule has 1 unspecified atom stereocenters. The lowest BCUT2D eigenvalue weighted by molar-refractivity contribution is 0.210. The summed E-state index contributed by atoms with van der Waals surface area (Å²) in [6, 6.07) is 0. The highest BCUT2D eigenvalue weighted by Gasteiger charge is 2.16. The van der Waals surface area contributed by atoms with Crippen molar-refractivity contribution in [3.05, 3.63) is 0 Å². The lowest BCUT2D eigenvalue weighted by Crippen LogP contribution is -2.45. The summed E-state index contributed by atoms with van der Waals surface area (Å²) in [5, 5.41) is 3.20. The molecule has 1 saturated heterocycles. The molecule has 14 heavy (non-hydrogen) atoms. The molecule has 5 heteroatoms. The third-order valence-electron chi connectivity index (χ3n) is 2.64. The van der Waals surface area contributed by atoms with Crippen molar-refractivity contribution in [2.24, 2.45) is 16.8 Å². The molecule has 1 aliphatic heterocycles. The molecule has 0 spiro atoms. The van der Waals surface area contributed by atoms with Gasteiger partial charge in [0.2, 0.25) is 5.96 Å². The van der Waals surface area contributed by atoms with Crippen LogP contribution in [0, 0.1) is 5.92 Å². The number of guanidine groups is 1. The third-order valence-corrected chi connectivity index (χ3v) is 2.64. The zero-order valence-corrected chi connectivity index (χ0v) is 9.08. The van der Waals surface area contributed by atoms with E-state index in [-0.39, 0.29) is 0 Å². The lowest BCUT2D eigenvalue weighted by Gasteiger charge is -2.29. The predicted molar refractivity (Wildman–Crippen MR) is 58.9 cm³/mol. The molecule has 0 aromatic rings. The fourth-order valence-electron chi connectivity index (χ4n) is 1.88. The molecule has 0 aliphatic carbocycles. The van der Waals surface area contributed by atoms with Crippen molar-refractivity contribution >= 4 is 5.96 Å². The largest absolute Gasteiger partial charge is 0.355 e. The van der Waals surface area contributed by atoms with E-state index in [2.05, 4.69) is 27.7 Å². The number of nitrogens with two attached hydrogens (primary N) is 1. The van der Waals surface area contributed by atoms with E-state index in [0.717, 1.165) is 13.1 Å². The molecular formula is C9H21N5. The summed E-state index contributed by atoms with van der Waals surface area (Å²) < 4.78 is 0. The summed E-state index contributed by atoms with van der Waals surface area (Å²) in [7, 11) is 3.89. The second kappa shape index (κ2) is 5.82. The van der Waals surface area contributed by atoms with Gasteiger partial charge >= 0.3 is 0 Å². The molecule has 0 bridgehead atoms. The summed E-state index contributed by atoms with van der Waals surface area (Å²) in [6.07, 6.45) is 2.58. The fourth-order valence-corrected chi connectivity index (χ4v) is 1.88. The summed E-state index contributed by atoms with van der Waals surface area (Å²) in [5.41, 5.74) is 2.53. The zero-order chi connectivity index (χ0) is 10.4. The molecule has 1 rings (SSSR count). The number of nitrogens with zero attached hydrogens (tertiary/aromatic N) is 2. The Hall–Kier alpha value is -0.810. The second-order valence-electron chi connectivity index (χ2n) is 3.87. The van der Waals surface area contributed by atoms with E-state index < -0.39 is 0 Å². The molecule has 0 amide bonds. The van der Waals surface area contributed by atoms with Crippen molar-refractivity contribution in [3.63, 3.8) is 0 Å². The van der Waals surface area contributed by atoms with Crippen LogP contribution in [0.3, 0.4) is 0 Å². The van der Waals surface area contributed by atoms with Crippen LogP contribution in [0.25, 0.3) is 0 Å². The fraction of sp³-hybridized carbons (Fsp3) is 0.889. The molecule has 1 heterocycles. The van der Waals surface area contributed by atoms with Gasteiger partial charge in [0.15, 0.2) is 0 Å². The van der Waals surface area contributed by atoms with Crippen LogP contribution in [0.1, 0.15) is 12.8 Å². The standard InChI is InChI=1S/C9H21N5/c1-11-9(13-10)12-6-8-4-3-5-14(2)7-8/h8H,3-7,10H2,1-2H3,(H2,11,12,13). The van der Waals surface area contributed by atoms with Crippen molar-refractivity contribution in [1.29, 1.82) is 0 Å². The van der Waals surface area contributed by atoms with Gasteiger partial charge < -0.3 is 10.2 Å². The molecule has 4 N–H and O–H groups in total. The van der Waals surface area contributed by atoms with Gasteiger partial charge in [-0.15, -0.1) is 0 Å². The third kappa shape index (κ3) is 3.51. The number of piperidine rings is 1. The van der Waals surface area contributed by atoms with E-state index in [9.17, 15) is 0 Å². The first-order chi connectivity index (χ1) is 6.76. The Morgan fingerprint density at radius 3 is 3.00 bits per heavy atom. The highest BCUT2D eigenvalue weighted by Crippen LogP contribution is 2.13. The maximum absolute atomic E-state index is 5.27. The Balaban J connectivity index is 2.23. The molecule has 0 aromatic heterocycles. The van der Waals surface area contributed by atoms with Crippen molar-refractivity contribution in [1.82, 2.24) is 15.6 Å². The number of hydrogen-bond donors (Lipinski definition) is 3. The number of hydrazine groups is 1. The first-order valence-corrected chi connectivity index (χ1v) is 5.12. The maximum atomic E-state index is 5.27. The van der Waals surface area contributed by atoms with Gasteiger partial charge in [-0.05, 0) is 32.4 Å². The van der Waals surface area contributed by atoms with E-state index in [1.165, 1.54) is 19.4 Å². The Morgan fingerprint density at radius 2 is 2.43 bits per heavy atom. The topological polar surface area (TPSA) is 65.7 Å². The minimum atomic E-state index is 0.665. The lowest BCUT2D eigenvalue weighted by atomic mass is 9.99. The minimum Gasteiger partial charge on any atom is -0.355 e. The first kappa shape index (κ1) is 11.3. The van der Waals surface area contributed by atoms with Gasteiger partial charge in [0.25, 0.3) is 0 Å². The average Bonchev–Trinajstić information content (AvgIpc) is 2.19. The van der Waals surface area contributed by atoms with Gasteiger partial charge in [-0.25, -0.2) is 5.84 Å². The van der Waals surface area contributed by atoms with Gasteiger partial charge in [0.05, 0.1) is 0 Å². The summed E-state index contributed by atoms with van der Waals surface area (Å²) in [4.78, 5) is 6.34. The summed E-state index contributed by atoms with van der Waals surface area (Å²) in [5.74, 6) is 6.64. The molecule has 1 fully saturated rings. The normalized spacial score (nSPS) is 24.8. The second-order valence-corrected chi connectivity index (χ2v) is 3.87. The summed E-state index contributed by atoms with van der Waals surface area (Å²) in [6.45, 7) is 3.33. The van der Waals surface area contributed by atoms with Crippen LogP contribution in [0.5, 0.6) is 0 Å². The molecule has 5 nitrogen and oxygen atoms in total. The quantitative estimate of drug-likeness (QED) is 0.240. The molecular weight excluding hydrogens is 178 g/mol. The highest BCUT2D eigenvalue weighted by molar-refractivity contribution is 5.78. The van der Waals surface area contributed by atoms with Crippen LogP contribution in [0.4, 0.5) is 0 Å². The zero-order valence-electron chi connectivity index (χ0n) is 9.08. The van der Waals surface area contributed by atoms with E-state index >= 15 is 0 Å². The van der Waals surface area contributed by atoms with Gasteiger partial charge in [0, 0.05) is 20.1 Å². The average molecular weight is 199 g/mol. The van der Waals surface area contributed by atoms with Crippen molar-refractivity contribution in [2.75, 3.05) is 33.7 Å². The monoisotopic (exact) mass is 199 g/mol. The predicted octanol–water partition coefficient (Wildman–Crippen LogP) is -0.633. The van der Waals surface area contributed by atoms with Gasteiger partial charge in [-0.1, -0.05) is 0 Å². The first-order valence-electron chi connectivity index (χ1n) is 5.12. The molecule has 1 aliphatic rings. The SMILES string of the molecule is CN=C(NN)NCC1CCCN(C)C1. The number of aliphatic imine (C=N–C) groups is 1. The van der Waals surface area contributed by atoms with Gasteiger partial charge in [0.1, 0.15) is 0 Å². The van der Waals surface area contributed by atoms with Crippen LogP contribution >= 0.6 is 0 Å². The van der Waals surface area contributed by atoms with Crippen LogP contribution in [0.15, 0.2) is 4.99 Å². The van der Waals surface area contributed by atoms with Crippen LogP contribution in [-0.2, 0) is 0 Å². The van der Waals surface area contributed by atoms with Crippen molar-refractivity contribution in [2.45, 2.75) is 12.8 Å². The van der Waals surface area contributed by atoms with Gasteiger partial charge in [-0.3, -0.25) is 10.4 Å². The van der Waals surface area contributed by atoms with E-state index in [4.69, 9.17) is 5.84 Å². The number of nitrogens with one attached hydrogen (secondary N) is 2. The smallest absolute Gasteiger partial charge is 0.205 e. The Labute approximate surface area is 85.7 Å². The van der Waals surface area contributed by atoms with E-state index in [1.54, 1.807) is 7.05 Å². The molecule has 0 saturated carbocycles. The van der Waals surface area contributed by atoms with Crippen molar-refractivity contribution in [3.8, 4) is 0 Å². The molecule has 0 radical (unpaired) electrons. The van der Waals surface area contributed by atoms with Gasteiger partial charge in [-0.2, -0.15) is 0 Å². The maximum Gasteiger partial charge on any atom is 0.205 e. The summed E-state index contributed by atoms with van der Waals surface area (Å²) >= 11 is 0.